The highest BCUT2D eigenvalue weighted by atomic mass is 16.5. The van der Waals surface area contributed by atoms with Gasteiger partial charge in [-0.15, -0.1) is 0 Å². The molecule has 0 aliphatic heterocycles. The minimum atomic E-state index is -0.0622. The fourth-order valence-corrected chi connectivity index (χ4v) is 2.06. The van der Waals surface area contributed by atoms with Gasteiger partial charge in [0.25, 0.3) is 0 Å². The van der Waals surface area contributed by atoms with Gasteiger partial charge < -0.3 is 9.15 Å². The first kappa shape index (κ1) is 10.8. The number of ketones is 1. The minimum Gasteiger partial charge on any atom is -0.497 e. The van der Waals surface area contributed by atoms with Crippen LogP contribution in [0.2, 0.25) is 0 Å². The summed E-state index contributed by atoms with van der Waals surface area (Å²) < 4.78 is 10.7. The van der Waals surface area contributed by atoms with Crippen molar-refractivity contribution < 1.29 is 13.9 Å². The predicted octanol–water partition coefficient (Wildman–Crippen LogP) is 3.80. The minimum absolute atomic E-state index is 0.0622. The van der Waals surface area contributed by atoms with Gasteiger partial charge in [0.15, 0.2) is 11.5 Å². The highest BCUT2D eigenvalue weighted by Gasteiger charge is 2.09. The third-order valence-corrected chi connectivity index (χ3v) is 3.03. The van der Waals surface area contributed by atoms with Crippen LogP contribution in [-0.2, 0) is 0 Å². The molecular formula is C15H12O3. The molecule has 3 aromatic rings. The van der Waals surface area contributed by atoms with Crippen LogP contribution >= 0.6 is 0 Å². The molecule has 1 aromatic heterocycles. The van der Waals surface area contributed by atoms with Crippen molar-refractivity contribution in [3.8, 4) is 5.75 Å². The number of furan rings is 1. The van der Waals surface area contributed by atoms with Gasteiger partial charge in [-0.05, 0) is 41.1 Å². The Bertz CT molecular complexity index is 753. The van der Waals surface area contributed by atoms with Crippen molar-refractivity contribution in [3.63, 3.8) is 0 Å². The predicted molar refractivity (Wildman–Crippen MR) is 70.3 cm³/mol. The fraction of sp³-hybridized carbons (Fsp3) is 0.133. The summed E-state index contributed by atoms with van der Waals surface area (Å²) in [4.78, 5) is 11.3. The zero-order chi connectivity index (χ0) is 12.7. The van der Waals surface area contributed by atoms with Crippen molar-refractivity contribution in [2.24, 2.45) is 0 Å². The number of carbonyl (C=O) groups is 1. The van der Waals surface area contributed by atoms with Crippen LogP contribution in [0.1, 0.15) is 17.5 Å². The van der Waals surface area contributed by atoms with Crippen molar-refractivity contribution >= 4 is 27.5 Å². The maximum Gasteiger partial charge on any atom is 0.194 e. The van der Waals surface area contributed by atoms with Crippen molar-refractivity contribution in [3.05, 3.63) is 42.2 Å². The highest BCUT2D eigenvalue weighted by Crippen LogP contribution is 2.28. The van der Waals surface area contributed by atoms with Crippen LogP contribution in [0.4, 0.5) is 0 Å². The topological polar surface area (TPSA) is 39.4 Å². The van der Waals surface area contributed by atoms with Crippen molar-refractivity contribution in [2.45, 2.75) is 6.92 Å². The van der Waals surface area contributed by atoms with E-state index >= 15 is 0 Å². The Morgan fingerprint density at radius 3 is 2.61 bits per heavy atom. The molecule has 0 aliphatic carbocycles. The van der Waals surface area contributed by atoms with Crippen LogP contribution in [-0.4, -0.2) is 12.9 Å². The highest BCUT2D eigenvalue weighted by molar-refractivity contribution is 6.01. The molecule has 3 nitrogen and oxygen atoms in total. The number of ether oxygens (including phenoxy) is 1. The van der Waals surface area contributed by atoms with Crippen LogP contribution in [0.5, 0.6) is 5.75 Å². The molecule has 0 fully saturated rings. The lowest BCUT2D eigenvalue weighted by Crippen LogP contribution is -1.85. The molecule has 0 bridgehead atoms. The van der Waals surface area contributed by atoms with Gasteiger partial charge in [-0.2, -0.15) is 0 Å². The molecule has 3 rings (SSSR count). The number of hydrogen-bond acceptors (Lipinski definition) is 3. The average molecular weight is 240 g/mol. The number of benzene rings is 2. The van der Waals surface area contributed by atoms with Gasteiger partial charge in [-0.1, -0.05) is 6.07 Å². The molecule has 0 saturated carbocycles. The molecule has 0 spiro atoms. The van der Waals surface area contributed by atoms with E-state index in [0.717, 1.165) is 27.5 Å². The first-order chi connectivity index (χ1) is 8.67. The Hall–Kier alpha value is -2.29. The lowest BCUT2D eigenvalue weighted by Gasteiger charge is -2.02. The first-order valence-corrected chi connectivity index (χ1v) is 5.69. The van der Waals surface area contributed by atoms with E-state index < -0.39 is 0 Å². The van der Waals surface area contributed by atoms with E-state index in [1.54, 1.807) is 13.2 Å². The third kappa shape index (κ3) is 1.64. The van der Waals surface area contributed by atoms with Gasteiger partial charge in [0.2, 0.25) is 0 Å². The van der Waals surface area contributed by atoms with Gasteiger partial charge in [-0.25, -0.2) is 0 Å². The number of hydrogen-bond donors (Lipinski definition) is 0. The first-order valence-electron chi connectivity index (χ1n) is 5.69. The number of fused-ring (bicyclic) bond motifs is 2. The van der Waals surface area contributed by atoms with E-state index in [1.807, 2.05) is 30.3 Å². The summed E-state index contributed by atoms with van der Waals surface area (Å²) in [7, 11) is 1.64. The Morgan fingerprint density at radius 2 is 1.89 bits per heavy atom. The number of carbonyl (C=O) groups excluding carboxylic acids is 1. The lowest BCUT2D eigenvalue weighted by molar-refractivity contribution is 0.0989. The second kappa shape index (κ2) is 3.88. The van der Waals surface area contributed by atoms with Crippen LogP contribution < -0.4 is 4.74 Å². The summed E-state index contributed by atoms with van der Waals surface area (Å²) in [5, 5.41) is 3.06. The largest absolute Gasteiger partial charge is 0.497 e. The average Bonchev–Trinajstić information content (AvgIpc) is 2.78. The fourth-order valence-electron chi connectivity index (χ4n) is 2.06. The monoisotopic (exact) mass is 240 g/mol. The zero-order valence-corrected chi connectivity index (χ0v) is 10.2. The normalized spacial score (nSPS) is 11.0. The molecule has 0 atom stereocenters. The molecule has 0 aliphatic rings. The van der Waals surface area contributed by atoms with Crippen molar-refractivity contribution in [2.75, 3.05) is 7.11 Å². The van der Waals surface area contributed by atoms with Crippen molar-refractivity contribution in [1.29, 1.82) is 0 Å². The van der Waals surface area contributed by atoms with Gasteiger partial charge in [-0.3, -0.25) is 4.79 Å². The number of methoxy groups -OCH3 is 1. The molecule has 90 valence electrons. The standard InChI is InChI=1S/C15H12O3/c1-9(16)14-8-12-5-11-6-13(17-2)4-3-10(11)7-15(12)18-14/h3-8H,1-2H3. The van der Waals surface area contributed by atoms with E-state index in [2.05, 4.69) is 0 Å². The van der Waals surface area contributed by atoms with Crippen LogP contribution in [0.25, 0.3) is 21.7 Å². The van der Waals surface area contributed by atoms with Gasteiger partial charge in [0, 0.05) is 12.3 Å². The SMILES string of the molecule is COc1ccc2cc3oc(C(C)=O)cc3cc2c1. The van der Waals surface area contributed by atoms with E-state index in [9.17, 15) is 4.79 Å². The molecule has 0 saturated heterocycles. The maximum absolute atomic E-state index is 11.3. The summed E-state index contributed by atoms with van der Waals surface area (Å²) in [5.41, 5.74) is 0.734. The Balaban J connectivity index is 2.29. The Labute approximate surface area is 104 Å². The van der Waals surface area contributed by atoms with Crippen LogP contribution in [0, 0.1) is 0 Å². The van der Waals surface area contributed by atoms with Gasteiger partial charge in [0.1, 0.15) is 11.3 Å². The molecule has 0 radical (unpaired) electrons. The van der Waals surface area contributed by atoms with Crippen LogP contribution in [0.3, 0.4) is 0 Å². The summed E-state index contributed by atoms with van der Waals surface area (Å²) in [6.07, 6.45) is 0. The van der Waals surface area contributed by atoms with E-state index in [0.29, 0.717) is 5.76 Å². The Morgan fingerprint density at radius 1 is 1.06 bits per heavy atom. The molecule has 0 unspecified atom stereocenters. The summed E-state index contributed by atoms with van der Waals surface area (Å²) >= 11 is 0. The van der Waals surface area contributed by atoms with E-state index in [1.165, 1.54) is 6.92 Å². The van der Waals surface area contributed by atoms with Gasteiger partial charge >= 0.3 is 0 Å². The second-order valence-electron chi connectivity index (χ2n) is 4.27. The van der Waals surface area contributed by atoms with E-state index in [4.69, 9.17) is 9.15 Å². The number of rotatable bonds is 2. The molecule has 3 heteroatoms. The molecule has 2 aromatic carbocycles. The molecule has 18 heavy (non-hydrogen) atoms. The van der Waals surface area contributed by atoms with E-state index in [-0.39, 0.29) is 5.78 Å². The second-order valence-corrected chi connectivity index (χ2v) is 4.27. The summed E-state index contributed by atoms with van der Waals surface area (Å²) in [5.74, 6) is 1.15. The molecule has 1 heterocycles. The maximum atomic E-state index is 11.3. The smallest absolute Gasteiger partial charge is 0.194 e. The molecule has 0 amide bonds. The zero-order valence-electron chi connectivity index (χ0n) is 10.2. The summed E-state index contributed by atoms with van der Waals surface area (Å²) in [6, 6.07) is 11.6. The molecule has 0 N–H and O–H groups in total. The number of Topliss-reactive ketones (excluding diaryl/α,β-unsaturated/α-hetero) is 1. The Kier molecular flexibility index (Phi) is 2.33. The third-order valence-electron chi connectivity index (χ3n) is 3.03. The quantitative estimate of drug-likeness (QED) is 0.639. The molecular weight excluding hydrogens is 228 g/mol. The summed E-state index contributed by atoms with van der Waals surface area (Å²) in [6.45, 7) is 1.50. The van der Waals surface area contributed by atoms with Crippen molar-refractivity contribution in [1.82, 2.24) is 0 Å². The lowest BCUT2D eigenvalue weighted by atomic mass is 10.1. The van der Waals surface area contributed by atoms with Crippen LogP contribution in [0.15, 0.2) is 40.8 Å². The van der Waals surface area contributed by atoms with Gasteiger partial charge in [0.05, 0.1) is 7.11 Å².